The smallest absolute Gasteiger partial charge is 0.308 e. The molecule has 0 unspecified atom stereocenters. The fraction of sp³-hybridized carbons (Fsp3) is 0.278. The fourth-order valence-corrected chi connectivity index (χ4v) is 2.08. The summed E-state index contributed by atoms with van der Waals surface area (Å²) in [6.45, 7) is 7.43. The zero-order valence-electron chi connectivity index (χ0n) is 12.9. The lowest BCUT2D eigenvalue weighted by molar-refractivity contribution is -0.131. The van der Waals surface area contributed by atoms with Crippen molar-refractivity contribution in [3.63, 3.8) is 0 Å². The summed E-state index contributed by atoms with van der Waals surface area (Å²) in [5.41, 5.74) is 3.42. The first kappa shape index (κ1) is 17.3. The molecular formula is C18H21ClO2. The number of carbonyl (C=O) groups excluding carboxylic acids is 1. The van der Waals surface area contributed by atoms with E-state index in [4.69, 9.17) is 16.3 Å². The minimum absolute atomic E-state index is 0.311. The molecule has 2 aromatic rings. The fourth-order valence-electron chi connectivity index (χ4n) is 1.90. The second-order valence-electron chi connectivity index (χ2n) is 4.51. The Kier molecular flexibility index (Phi) is 6.97. The van der Waals surface area contributed by atoms with Crippen LogP contribution in [0.15, 0.2) is 42.5 Å². The van der Waals surface area contributed by atoms with E-state index < -0.39 is 0 Å². The highest BCUT2D eigenvalue weighted by molar-refractivity contribution is 6.31. The van der Waals surface area contributed by atoms with Crippen LogP contribution in [0.25, 0.3) is 0 Å². The van der Waals surface area contributed by atoms with E-state index >= 15 is 0 Å². The molecule has 0 amide bonds. The summed E-state index contributed by atoms with van der Waals surface area (Å²) in [7, 11) is 0. The molecule has 0 heterocycles. The third-order valence-electron chi connectivity index (χ3n) is 2.78. The molecule has 3 heteroatoms. The van der Waals surface area contributed by atoms with Gasteiger partial charge in [0.1, 0.15) is 5.75 Å². The van der Waals surface area contributed by atoms with Crippen molar-refractivity contribution in [3.05, 3.63) is 64.2 Å². The Hall–Kier alpha value is -1.80. The molecule has 0 fully saturated rings. The Bertz CT molecular complexity index is 589. The highest BCUT2D eigenvalue weighted by Crippen LogP contribution is 2.22. The van der Waals surface area contributed by atoms with Crippen LogP contribution < -0.4 is 4.74 Å². The molecule has 21 heavy (non-hydrogen) atoms. The van der Waals surface area contributed by atoms with Crippen molar-refractivity contribution in [2.45, 2.75) is 34.1 Å². The van der Waals surface area contributed by atoms with Gasteiger partial charge >= 0.3 is 5.97 Å². The summed E-state index contributed by atoms with van der Waals surface area (Å²) in [5.74, 6) is 0.251. The van der Waals surface area contributed by atoms with Crippen LogP contribution >= 0.6 is 11.6 Å². The van der Waals surface area contributed by atoms with E-state index in [0.717, 1.165) is 22.6 Å². The molecular weight excluding hydrogens is 284 g/mol. The molecule has 0 saturated heterocycles. The van der Waals surface area contributed by atoms with Crippen LogP contribution in [0, 0.1) is 6.92 Å². The Labute approximate surface area is 131 Å². The SMILES string of the molecule is CC.CC(=O)Oc1ccc(Cc2cc(C)ccc2Cl)cc1. The van der Waals surface area contributed by atoms with E-state index in [0.29, 0.717) is 5.75 Å². The molecule has 0 saturated carbocycles. The third-order valence-corrected chi connectivity index (χ3v) is 3.15. The standard InChI is InChI=1S/C16H15ClO2.C2H6/c1-11-3-8-16(17)14(9-11)10-13-4-6-15(7-5-13)19-12(2)18;1-2/h3-9H,10H2,1-2H3;1-2H3. The molecule has 0 bridgehead atoms. The topological polar surface area (TPSA) is 26.3 Å². The second kappa shape index (κ2) is 8.48. The first-order valence-corrected chi connectivity index (χ1v) is 7.45. The molecule has 2 rings (SSSR count). The van der Waals surface area contributed by atoms with Crippen LogP contribution in [0.1, 0.15) is 37.5 Å². The van der Waals surface area contributed by atoms with Crippen molar-refractivity contribution in [1.29, 1.82) is 0 Å². The Morgan fingerprint density at radius 2 is 1.71 bits per heavy atom. The Morgan fingerprint density at radius 1 is 1.10 bits per heavy atom. The summed E-state index contributed by atoms with van der Waals surface area (Å²) >= 11 is 6.18. The van der Waals surface area contributed by atoms with Gasteiger partial charge in [-0.15, -0.1) is 0 Å². The molecule has 2 aromatic carbocycles. The van der Waals surface area contributed by atoms with Gasteiger partial charge in [0.05, 0.1) is 0 Å². The number of rotatable bonds is 3. The van der Waals surface area contributed by atoms with Crippen molar-refractivity contribution in [2.24, 2.45) is 0 Å². The van der Waals surface area contributed by atoms with E-state index in [-0.39, 0.29) is 5.97 Å². The maximum atomic E-state index is 10.8. The zero-order chi connectivity index (χ0) is 15.8. The number of hydrogen-bond donors (Lipinski definition) is 0. The second-order valence-corrected chi connectivity index (χ2v) is 4.92. The molecule has 0 N–H and O–H groups in total. The van der Waals surface area contributed by atoms with Crippen LogP contribution in [0.2, 0.25) is 5.02 Å². The minimum atomic E-state index is -0.311. The molecule has 0 atom stereocenters. The average Bonchev–Trinajstić information content (AvgIpc) is 2.46. The summed E-state index contributed by atoms with van der Waals surface area (Å²) in [6.07, 6.45) is 0.765. The highest BCUT2D eigenvalue weighted by Gasteiger charge is 2.03. The Morgan fingerprint density at radius 3 is 2.29 bits per heavy atom. The van der Waals surface area contributed by atoms with Crippen molar-refractivity contribution in [2.75, 3.05) is 0 Å². The normalized spacial score (nSPS) is 9.57. The number of hydrogen-bond acceptors (Lipinski definition) is 2. The van der Waals surface area contributed by atoms with Gasteiger partial charge in [0, 0.05) is 11.9 Å². The monoisotopic (exact) mass is 304 g/mol. The Balaban J connectivity index is 0.00000106. The van der Waals surface area contributed by atoms with Gasteiger partial charge in [-0.3, -0.25) is 4.79 Å². The van der Waals surface area contributed by atoms with Gasteiger partial charge in [-0.2, -0.15) is 0 Å². The van der Waals surface area contributed by atoms with Gasteiger partial charge in [0.15, 0.2) is 0 Å². The van der Waals surface area contributed by atoms with Gasteiger partial charge < -0.3 is 4.74 Å². The number of ether oxygens (including phenoxy) is 1. The van der Waals surface area contributed by atoms with Crippen molar-refractivity contribution in [3.8, 4) is 5.75 Å². The minimum Gasteiger partial charge on any atom is -0.427 e. The first-order valence-electron chi connectivity index (χ1n) is 7.07. The molecule has 0 aliphatic heterocycles. The predicted molar refractivity (Wildman–Crippen MR) is 88.1 cm³/mol. The average molecular weight is 305 g/mol. The van der Waals surface area contributed by atoms with E-state index in [2.05, 4.69) is 6.07 Å². The first-order chi connectivity index (χ1) is 10.0. The van der Waals surface area contributed by atoms with Gasteiger partial charge in [-0.25, -0.2) is 0 Å². The maximum Gasteiger partial charge on any atom is 0.308 e. The van der Waals surface area contributed by atoms with E-state index in [9.17, 15) is 4.79 Å². The molecule has 0 aliphatic carbocycles. The predicted octanol–water partition coefficient (Wildman–Crippen LogP) is 5.19. The molecule has 0 radical (unpaired) electrons. The number of aryl methyl sites for hydroxylation is 1. The van der Waals surface area contributed by atoms with Crippen LogP contribution in [0.5, 0.6) is 5.75 Å². The van der Waals surface area contributed by atoms with Gasteiger partial charge in [0.2, 0.25) is 0 Å². The van der Waals surface area contributed by atoms with Crippen LogP contribution in [-0.4, -0.2) is 5.97 Å². The van der Waals surface area contributed by atoms with E-state index in [1.807, 2.05) is 45.0 Å². The lowest BCUT2D eigenvalue weighted by Crippen LogP contribution is -2.01. The number of esters is 1. The van der Waals surface area contributed by atoms with Gasteiger partial charge in [-0.05, 0) is 42.7 Å². The van der Waals surface area contributed by atoms with Crippen molar-refractivity contribution >= 4 is 17.6 Å². The van der Waals surface area contributed by atoms with Crippen molar-refractivity contribution < 1.29 is 9.53 Å². The molecule has 2 nitrogen and oxygen atoms in total. The largest absolute Gasteiger partial charge is 0.427 e. The molecule has 112 valence electrons. The zero-order valence-corrected chi connectivity index (χ0v) is 13.7. The lowest BCUT2D eigenvalue weighted by atomic mass is 10.0. The van der Waals surface area contributed by atoms with Crippen molar-refractivity contribution in [1.82, 2.24) is 0 Å². The van der Waals surface area contributed by atoms with E-state index in [1.54, 1.807) is 12.1 Å². The highest BCUT2D eigenvalue weighted by atomic mass is 35.5. The molecule has 0 spiro atoms. The van der Waals surface area contributed by atoms with Crippen LogP contribution in [0.3, 0.4) is 0 Å². The van der Waals surface area contributed by atoms with E-state index in [1.165, 1.54) is 12.5 Å². The van der Waals surface area contributed by atoms with Crippen LogP contribution in [-0.2, 0) is 11.2 Å². The summed E-state index contributed by atoms with van der Waals surface area (Å²) < 4.78 is 5.00. The number of benzene rings is 2. The number of carbonyl (C=O) groups is 1. The van der Waals surface area contributed by atoms with Gasteiger partial charge in [0.25, 0.3) is 0 Å². The number of halogens is 1. The summed E-state index contributed by atoms with van der Waals surface area (Å²) in [6, 6.07) is 13.5. The third kappa shape index (κ3) is 5.60. The van der Waals surface area contributed by atoms with Gasteiger partial charge in [-0.1, -0.05) is 55.3 Å². The quantitative estimate of drug-likeness (QED) is 0.576. The van der Waals surface area contributed by atoms with Crippen LogP contribution in [0.4, 0.5) is 0 Å². The summed E-state index contributed by atoms with van der Waals surface area (Å²) in [5, 5.41) is 0.773. The molecule has 0 aromatic heterocycles. The summed E-state index contributed by atoms with van der Waals surface area (Å²) in [4.78, 5) is 10.8. The lowest BCUT2D eigenvalue weighted by Gasteiger charge is -2.07. The maximum absolute atomic E-state index is 10.8. The molecule has 0 aliphatic rings.